The van der Waals surface area contributed by atoms with Gasteiger partial charge in [0.1, 0.15) is 0 Å². The lowest BCUT2D eigenvalue weighted by Gasteiger charge is -2.34. The maximum Gasteiger partial charge on any atom is 0.254 e. The van der Waals surface area contributed by atoms with Crippen molar-refractivity contribution in [2.75, 3.05) is 32.8 Å². The number of aryl methyl sites for hydroxylation is 1. The van der Waals surface area contributed by atoms with Crippen molar-refractivity contribution in [2.24, 2.45) is 7.05 Å². The van der Waals surface area contributed by atoms with Crippen molar-refractivity contribution >= 4 is 15.9 Å². The normalized spacial score (nSPS) is 19.3. The molecular formula is C24H26N4O4S. The number of hydrogen-bond donors (Lipinski definition) is 0. The minimum Gasteiger partial charge on any atom is -0.379 e. The molecule has 33 heavy (non-hydrogen) atoms. The summed E-state index contributed by atoms with van der Waals surface area (Å²) in [5.74, 6) is -0.0812. The number of benzene rings is 2. The number of fused-ring (bicyclic) bond motifs is 1. The zero-order valence-electron chi connectivity index (χ0n) is 18.4. The molecule has 5 rings (SSSR count). The van der Waals surface area contributed by atoms with Crippen LogP contribution in [0.4, 0.5) is 0 Å². The van der Waals surface area contributed by atoms with Crippen LogP contribution in [-0.4, -0.2) is 66.2 Å². The lowest BCUT2D eigenvalue weighted by atomic mass is 9.86. The minimum absolute atomic E-state index is 0.0357. The zero-order chi connectivity index (χ0) is 23.0. The van der Waals surface area contributed by atoms with Gasteiger partial charge >= 0.3 is 0 Å². The van der Waals surface area contributed by atoms with Gasteiger partial charge in [-0.1, -0.05) is 24.3 Å². The number of carbonyl (C=O) groups excluding carboxylic acids is 1. The third kappa shape index (κ3) is 4.19. The molecule has 8 nitrogen and oxygen atoms in total. The third-order valence-corrected chi connectivity index (χ3v) is 8.23. The standard InChI is InChI=1S/C24H26N4O4S/c1-26-15-20(14-25-26)23-17-27(16-19-4-2-3-5-22(19)23)24(29)18-6-8-21(9-7-18)33(30,31)28-10-12-32-13-11-28/h2-9,14-15,23H,10-13,16-17H2,1H3. The Morgan fingerprint density at radius 3 is 2.48 bits per heavy atom. The van der Waals surface area contributed by atoms with Crippen LogP contribution in [0.5, 0.6) is 0 Å². The second-order valence-electron chi connectivity index (χ2n) is 8.43. The number of nitrogens with zero attached hydrogens (tertiary/aromatic N) is 4. The largest absolute Gasteiger partial charge is 0.379 e. The summed E-state index contributed by atoms with van der Waals surface area (Å²) in [7, 11) is -1.71. The predicted octanol–water partition coefficient (Wildman–Crippen LogP) is 2.23. The van der Waals surface area contributed by atoms with Crippen molar-refractivity contribution in [1.82, 2.24) is 19.0 Å². The van der Waals surface area contributed by atoms with Gasteiger partial charge in [0.2, 0.25) is 10.0 Å². The molecule has 1 atom stereocenters. The molecule has 0 radical (unpaired) electrons. The smallest absolute Gasteiger partial charge is 0.254 e. The fourth-order valence-corrected chi connectivity index (χ4v) is 5.96. The van der Waals surface area contributed by atoms with E-state index in [-0.39, 0.29) is 16.7 Å². The van der Waals surface area contributed by atoms with Crippen molar-refractivity contribution < 1.29 is 17.9 Å². The van der Waals surface area contributed by atoms with Gasteiger partial charge in [-0.2, -0.15) is 9.40 Å². The van der Waals surface area contributed by atoms with E-state index in [2.05, 4.69) is 17.2 Å². The van der Waals surface area contributed by atoms with Gasteiger partial charge in [0.25, 0.3) is 5.91 Å². The molecule has 0 bridgehead atoms. The first kappa shape index (κ1) is 21.8. The molecule has 0 aliphatic carbocycles. The number of carbonyl (C=O) groups is 1. The summed E-state index contributed by atoms with van der Waals surface area (Å²) >= 11 is 0. The van der Waals surface area contributed by atoms with Gasteiger partial charge in [0.05, 0.1) is 24.3 Å². The molecule has 9 heteroatoms. The molecule has 1 amide bonds. The Kier molecular flexibility index (Phi) is 5.77. The van der Waals surface area contributed by atoms with Crippen LogP contribution in [0.3, 0.4) is 0 Å². The summed E-state index contributed by atoms with van der Waals surface area (Å²) < 4.78 is 34.2. The van der Waals surface area contributed by atoms with Crippen molar-refractivity contribution in [3.8, 4) is 0 Å². The van der Waals surface area contributed by atoms with E-state index in [0.29, 0.717) is 45.0 Å². The van der Waals surface area contributed by atoms with Gasteiger partial charge in [-0.25, -0.2) is 8.42 Å². The Balaban J connectivity index is 1.39. The summed E-state index contributed by atoms with van der Waals surface area (Å²) in [6.07, 6.45) is 3.83. The van der Waals surface area contributed by atoms with Crippen LogP contribution >= 0.6 is 0 Å². The number of rotatable bonds is 4. The Labute approximate surface area is 193 Å². The summed E-state index contributed by atoms with van der Waals surface area (Å²) in [5.41, 5.74) is 3.86. The van der Waals surface area contributed by atoms with Crippen molar-refractivity contribution in [1.29, 1.82) is 0 Å². The van der Waals surface area contributed by atoms with Crippen molar-refractivity contribution in [3.63, 3.8) is 0 Å². The Morgan fingerprint density at radius 1 is 1.06 bits per heavy atom. The maximum atomic E-state index is 13.4. The number of amides is 1. The molecule has 172 valence electrons. The first-order valence-electron chi connectivity index (χ1n) is 11.0. The van der Waals surface area contributed by atoms with Crippen LogP contribution in [0.15, 0.2) is 65.8 Å². The lowest BCUT2D eigenvalue weighted by molar-refractivity contribution is 0.0724. The van der Waals surface area contributed by atoms with Gasteiger partial charge in [-0.3, -0.25) is 9.48 Å². The number of hydrogen-bond acceptors (Lipinski definition) is 5. The zero-order valence-corrected chi connectivity index (χ0v) is 19.2. The number of aromatic nitrogens is 2. The molecule has 0 N–H and O–H groups in total. The van der Waals surface area contributed by atoms with Gasteiger partial charge in [-0.15, -0.1) is 0 Å². The van der Waals surface area contributed by atoms with E-state index in [9.17, 15) is 13.2 Å². The summed E-state index contributed by atoms with van der Waals surface area (Å²) in [5, 5.41) is 4.31. The number of sulfonamides is 1. The molecule has 3 aromatic rings. The van der Waals surface area contributed by atoms with E-state index in [1.807, 2.05) is 36.5 Å². The monoisotopic (exact) mass is 466 g/mol. The Bertz CT molecular complexity index is 1260. The molecule has 2 aliphatic heterocycles. The van der Waals surface area contributed by atoms with Gasteiger partial charge in [-0.05, 0) is 41.0 Å². The van der Waals surface area contributed by atoms with Crippen molar-refractivity contribution in [2.45, 2.75) is 17.4 Å². The van der Waals surface area contributed by atoms with E-state index in [1.54, 1.807) is 16.8 Å². The highest BCUT2D eigenvalue weighted by atomic mass is 32.2. The van der Waals surface area contributed by atoms with Crippen LogP contribution in [0.1, 0.15) is 33.0 Å². The molecule has 1 aromatic heterocycles. The molecule has 0 spiro atoms. The summed E-state index contributed by atoms with van der Waals surface area (Å²) in [6, 6.07) is 14.4. The summed E-state index contributed by atoms with van der Waals surface area (Å²) in [6.45, 7) is 2.52. The number of ether oxygens (including phenoxy) is 1. The summed E-state index contributed by atoms with van der Waals surface area (Å²) in [4.78, 5) is 15.4. The quantitative estimate of drug-likeness (QED) is 0.589. The third-order valence-electron chi connectivity index (χ3n) is 6.32. The molecular weight excluding hydrogens is 440 g/mol. The maximum absolute atomic E-state index is 13.4. The molecule has 2 aromatic carbocycles. The first-order valence-corrected chi connectivity index (χ1v) is 12.4. The van der Waals surface area contributed by atoms with Gasteiger partial charge < -0.3 is 9.64 Å². The molecule has 1 fully saturated rings. The second-order valence-corrected chi connectivity index (χ2v) is 10.4. The molecule has 2 aliphatic rings. The molecule has 1 unspecified atom stereocenters. The predicted molar refractivity (Wildman–Crippen MR) is 122 cm³/mol. The van der Waals surface area contributed by atoms with E-state index in [1.165, 1.54) is 22.0 Å². The van der Waals surface area contributed by atoms with Gasteiger partial charge in [0, 0.05) is 50.9 Å². The van der Waals surface area contributed by atoms with E-state index in [0.717, 1.165) is 11.1 Å². The lowest BCUT2D eigenvalue weighted by Crippen LogP contribution is -2.40. The van der Waals surface area contributed by atoms with E-state index in [4.69, 9.17) is 4.74 Å². The average Bonchev–Trinajstić information content (AvgIpc) is 3.29. The average molecular weight is 467 g/mol. The SMILES string of the molecule is Cn1cc(C2CN(C(=O)c3ccc(S(=O)(=O)N4CCOCC4)cc3)Cc3ccccc32)cn1. The highest BCUT2D eigenvalue weighted by Gasteiger charge is 2.31. The minimum atomic E-state index is -3.59. The van der Waals surface area contributed by atoms with E-state index >= 15 is 0 Å². The molecule has 3 heterocycles. The van der Waals surface area contributed by atoms with E-state index < -0.39 is 10.0 Å². The fourth-order valence-electron chi connectivity index (χ4n) is 4.55. The second kappa shape index (κ2) is 8.74. The number of morpholine rings is 1. The fraction of sp³-hybridized carbons (Fsp3) is 0.333. The molecule has 1 saturated heterocycles. The van der Waals surface area contributed by atoms with Crippen molar-refractivity contribution in [3.05, 3.63) is 83.2 Å². The Morgan fingerprint density at radius 2 is 1.79 bits per heavy atom. The molecule has 0 saturated carbocycles. The van der Waals surface area contributed by atoms with Gasteiger partial charge in [0.15, 0.2) is 0 Å². The van der Waals surface area contributed by atoms with Crippen LogP contribution in [0.25, 0.3) is 0 Å². The highest BCUT2D eigenvalue weighted by Crippen LogP contribution is 2.34. The van der Waals surface area contributed by atoms with Crippen LogP contribution < -0.4 is 0 Å². The first-order chi connectivity index (χ1) is 15.9. The van der Waals surface area contributed by atoms with Crippen LogP contribution in [-0.2, 0) is 28.4 Å². The highest BCUT2D eigenvalue weighted by molar-refractivity contribution is 7.89. The van der Waals surface area contributed by atoms with Crippen LogP contribution in [0, 0.1) is 0 Å². The van der Waals surface area contributed by atoms with Crippen LogP contribution in [0.2, 0.25) is 0 Å². The Hall–Kier alpha value is -3.01. The topological polar surface area (TPSA) is 84.7 Å².